The van der Waals surface area contributed by atoms with Crippen LogP contribution in [-0.4, -0.2) is 17.6 Å². The molecule has 1 heterocycles. The second-order valence-electron chi connectivity index (χ2n) is 4.70. The number of amides is 1. The molecule has 0 saturated carbocycles. The number of fused-ring (bicyclic) bond motifs is 1. The third-order valence-corrected chi connectivity index (χ3v) is 3.61. The second kappa shape index (κ2) is 5.46. The largest absolute Gasteiger partial charge is 0.482 e. The highest BCUT2D eigenvalue weighted by Crippen LogP contribution is 2.33. The summed E-state index contributed by atoms with van der Waals surface area (Å²) >= 11 is 3.19. The molecule has 0 radical (unpaired) electrons. The van der Waals surface area contributed by atoms with E-state index in [1.165, 1.54) is 12.1 Å². The van der Waals surface area contributed by atoms with Crippen LogP contribution in [0.1, 0.15) is 17.2 Å². The Morgan fingerprint density at radius 2 is 2.05 bits per heavy atom. The van der Waals surface area contributed by atoms with Crippen molar-refractivity contribution in [1.82, 2.24) is 0 Å². The van der Waals surface area contributed by atoms with Gasteiger partial charge in [-0.05, 0) is 41.5 Å². The normalized spacial score (nSPS) is 14.9. The van der Waals surface area contributed by atoms with Gasteiger partial charge in [0, 0.05) is 4.47 Å². The Kier molecular flexibility index (Phi) is 3.65. The van der Waals surface area contributed by atoms with Crippen LogP contribution in [-0.2, 0) is 4.79 Å². The van der Waals surface area contributed by atoms with E-state index in [4.69, 9.17) is 4.74 Å². The zero-order chi connectivity index (χ0) is 15.0. The molecule has 1 aliphatic rings. The molecule has 21 heavy (non-hydrogen) atoms. The lowest BCUT2D eigenvalue weighted by molar-refractivity contribution is -0.118. The fraction of sp³-hybridized carbons (Fsp3) is 0.133. The first-order valence-electron chi connectivity index (χ1n) is 6.23. The average molecular weight is 352 g/mol. The van der Waals surface area contributed by atoms with Crippen LogP contribution in [0.15, 0.2) is 40.9 Å². The molecular formula is C15H11BrFNO3. The number of aliphatic hydroxyl groups excluding tert-OH is 1. The number of aliphatic hydroxyl groups is 1. The van der Waals surface area contributed by atoms with E-state index < -0.39 is 11.9 Å². The molecule has 3 rings (SSSR count). The quantitative estimate of drug-likeness (QED) is 0.874. The van der Waals surface area contributed by atoms with E-state index in [0.717, 1.165) is 0 Å². The van der Waals surface area contributed by atoms with E-state index in [-0.39, 0.29) is 12.5 Å². The predicted molar refractivity (Wildman–Crippen MR) is 78.7 cm³/mol. The van der Waals surface area contributed by atoms with Crippen molar-refractivity contribution >= 4 is 27.5 Å². The Hall–Kier alpha value is -1.92. The van der Waals surface area contributed by atoms with Gasteiger partial charge in [-0.1, -0.05) is 22.0 Å². The molecule has 0 aromatic heterocycles. The first-order chi connectivity index (χ1) is 10.0. The lowest BCUT2D eigenvalue weighted by atomic mass is 10.0. The number of hydrogen-bond donors (Lipinski definition) is 2. The molecule has 2 N–H and O–H groups in total. The second-order valence-corrected chi connectivity index (χ2v) is 5.61. The van der Waals surface area contributed by atoms with E-state index in [1.54, 1.807) is 24.3 Å². The zero-order valence-corrected chi connectivity index (χ0v) is 12.4. The van der Waals surface area contributed by atoms with Crippen LogP contribution in [0.5, 0.6) is 5.75 Å². The van der Waals surface area contributed by atoms with Crippen molar-refractivity contribution in [2.45, 2.75) is 6.10 Å². The zero-order valence-electron chi connectivity index (χ0n) is 10.8. The molecule has 108 valence electrons. The number of carbonyl (C=O) groups is 1. The van der Waals surface area contributed by atoms with Gasteiger partial charge in [-0.2, -0.15) is 0 Å². The SMILES string of the molecule is O=C1COc2ccc(C(O)c3cc(F)cc(Br)c3)cc2N1. The molecule has 1 amide bonds. The van der Waals surface area contributed by atoms with Crippen molar-refractivity contribution in [3.8, 4) is 5.75 Å². The third kappa shape index (κ3) is 2.91. The van der Waals surface area contributed by atoms with Crippen molar-refractivity contribution in [3.05, 3.63) is 57.8 Å². The van der Waals surface area contributed by atoms with Crippen molar-refractivity contribution < 1.29 is 19.0 Å². The van der Waals surface area contributed by atoms with Gasteiger partial charge in [-0.15, -0.1) is 0 Å². The molecule has 0 aliphatic carbocycles. The predicted octanol–water partition coefficient (Wildman–Crippen LogP) is 3.00. The minimum atomic E-state index is -0.999. The summed E-state index contributed by atoms with van der Waals surface area (Å²) in [4.78, 5) is 11.3. The fourth-order valence-electron chi connectivity index (χ4n) is 2.20. The number of ether oxygens (including phenoxy) is 1. The van der Waals surface area contributed by atoms with Gasteiger partial charge in [0.05, 0.1) is 5.69 Å². The maximum absolute atomic E-state index is 13.4. The molecule has 0 bridgehead atoms. The van der Waals surface area contributed by atoms with Crippen LogP contribution in [0.4, 0.5) is 10.1 Å². The number of benzene rings is 2. The Morgan fingerprint density at radius 3 is 2.81 bits per heavy atom. The summed E-state index contributed by atoms with van der Waals surface area (Å²) in [6.45, 7) is -0.0221. The smallest absolute Gasteiger partial charge is 0.262 e. The highest BCUT2D eigenvalue weighted by Gasteiger charge is 2.19. The first-order valence-corrected chi connectivity index (χ1v) is 7.03. The van der Waals surface area contributed by atoms with Gasteiger partial charge in [0.2, 0.25) is 0 Å². The average Bonchev–Trinajstić information content (AvgIpc) is 2.44. The minimum Gasteiger partial charge on any atom is -0.482 e. The molecule has 0 saturated heterocycles. The molecule has 2 aromatic carbocycles. The van der Waals surface area contributed by atoms with Crippen molar-refractivity contribution in [2.24, 2.45) is 0 Å². The lowest BCUT2D eigenvalue weighted by Crippen LogP contribution is -2.25. The number of anilines is 1. The highest BCUT2D eigenvalue weighted by atomic mass is 79.9. The monoisotopic (exact) mass is 351 g/mol. The molecule has 0 spiro atoms. The summed E-state index contributed by atoms with van der Waals surface area (Å²) < 4.78 is 19.2. The van der Waals surface area contributed by atoms with E-state index in [2.05, 4.69) is 21.2 Å². The molecular weight excluding hydrogens is 341 g/mol. The summed E-state index contributed by atoms with van der Waals surface area (Å²) in [5, 5.41) is 13.0. The van der Waals surface area contributed by atoms with Gasteiger partial charge in [-0.3, -0.25) is 4.79 Å². The number of rotatable bonds is 2. The van der Waals surface area contributed by atoms with Gasteiger partial charge in [0.25, 0.3) is 5.91 Å². The molecule has 6 heteroatoms. The van der Waals surface area contributed by atoms with Crippen LogP contribution in [0.3, 0.4) is 0 Å². The van der Waals surface area contributed by atoms with Crippen LogP contribution in [0.2, 0.25) is 0 Å². The molecule has 1 aliphatic heterocycles. The maximum Gasteiger partial charge on any atom is 0.262 e. The number of halogens is 2. The summed E-state index contributed by atoms with van der Waals surface area (Å²) in [5.74, 6) is -0.137. The topological polar surface area (TPSA) is 58.6 Å². The summed E-state index contributed by atoms with van der Waals surface area (Å²) in [5.41, 5.74) is 1.46. The molecule has 1 unspecified atom stereocenters. The van der Waals surface area contributed by atoms with E-state index in [1.807, 2.05) is 0 Å². The standard InChI is InChI=1S/C15H11BrFNO3/c16-10-3-9(4-11(17)6-10)15(20)8-1-2-13-12(5-8)18-14(19)7-21-13/h1-6,15,20H,7H2,(H,18,19). The van der Waals surface area contributed by atoms with E-state index in [9.17, 15) is 14.3 Å². The fourth-order valence-corrected chi connectivity index (χ4v) is 2.68. The van der Waals surface area contributed by atoms with Gasteiger partial charge >= 0.3 is 0 Å². The van der Waals surface area contributed by atoms with Crippen LogP contribution >= 0.6 is 15.9 Å². The maximum atomic E-state index is 13.4. The molecule has 0 fully saturated rings. The molecule has 2 aromatic rings. The van der Waals surface area contributed by atoms with Gasteiger partial charge < -0.3 is 15.2 Å². The van der Waals surface area contributed by atoms with Crippen LogP contribution in [0.25, 0.3) is 0 Å². The van der Waals surface area contributed by atoms with Crippen molar-refractivity contribution in [1.29, 1.82) is 0 Å². The number of nitrogens with one attached hydrogen (secondary N) is 1. The van der Waals surface area contributed by atoms with Crippen LogP contribution < -0.4 is 10.1 Å². The summed E-state index contributed by atoms with van der Waals surface area (Å²) in [6.07, 6.45) is -0.999. The summed E-state index contributed by atoms with van der Waals surface area (Å²) in [6, 6.07) is 9.20. The van der Waals surface area contributed by atoms with E-state index >= 15 is 0 Å². The van der Waals surface area contributed by atoms with Gasteiger partial charge in [0.1, 0.15) is 17.7 Å². The summed E-state index contributed by atoms with van der Waals surface area (Å²) in [7, 11) is 0. The molecule has 1 atom stereocenters. The Balaban J connectivity index is 1.96. The Bertz CT molecular complexity index is 700. The van der Waals surface area contributed by atoms with Crippen LogP contribution in [0, 0.1) is 5.82 Å². The number of carbonyl (C=O) groups excluding carboxylic acids is 1. The lowest BCUT2D eigenvalue weighted by Gasteiger charge is -2.20. The molecule has 4 nitrogen and oxygen atoms in total. The Morgan fingerprint density at radius 1 is 1.24 bits per heavy atom. The van der Waals surface area contributed by atoms with Gasteiger partial charge in [-0.25, -0.2) is 4.39 Å². The number of hydrogen-bond acceptors (Lipinski definition) is 3. The highest BCUT2D eigenvalue weighted by molar-refractivity contribution is 9.10. The van der Waals surface area contributed by atoms with Gasteiger partial charge in [0.15, 0.2) is 6.61 Å². The third-order valence-electron chi connectivity index (χ3n) is 3.15. The van der Waals surface area contributed by atoms with E-state index in [0.29, 0.717) is 27.0 Å². The Labute approximate surface area is 128 Å². The van der Waals surface area contributed by atoms with Crippen molar-refractivity contribution in [3.63, 3.8) is 0 Å². The minimum absolute atomic E-state index is 0.0221. The first kappa shape index (κ1) is 14.0. The van der Waals surface area contributed by atoms with Crippen molar-refractivity contribution in [2.75, 3.05) is 11.9 Å².